The molecule has 1 saturated heterocycles. The fraction of sp³-hybridized carbons (Fsp3) is 0.333. The molecular formula is C18H22P2. The molecule has 0 aliphatic carbocycles. The molecule has 0 radical (unpaired) electrons. The third kappa shape index (κ3) is 3.69. The fourth-order valence-corrected chi connectivity index (χ4v) is 8.25. The second-order valence-electron chi connectivity index (χ2n) is 5.35. The summed E-state index contributed by atoms with van der Waals surface area (Å²) in [5.74, 6) is 0. The molecule has 1 aliphatic heterocycles. The van der Waals surface area contributed by atoms with Gasteiger partial charge in [0, 0.05) is 0 Å². The summed E-state index contributed by atoms with van der Waals surface area (Å²) in [5.41, 5.74) is 0. The van der Waals surface area contributed by atoms with E-state index >= 15 is 0 Å². The number of benzene rings is 2. The van der Waals surface area contributed by atoms with Crippen molar-refractivity contribution in [3.05, 3.63) is 60.7 Å². The lowest BCUT2D eigenvalue weighted by Crippen LogP contribution is -2.14. The van der Waals surface area contributed by atoms with E-state index in [1.54, 1.807) is 10.6 Å². The Hall–Kier alpha value is -0.700. The smallest absolute Gasteiger partial charge is 0.0240 e. The van der Waals surface area contributed by atoms with E-state index in [-0.39, 0.29) is 15.8 Å². The molecule has 0 aromatic heterocycles. The zero-order valence-corrected chi connectivity index (χ0v) is 13.7. The lowest BCUT2D eigenvalue weighted by molar-refractivity contribution is 1.03. The standard InChI is InChI=1S/C18H22P2/c1-3-9-17(10-4-1)19-13-7-15-20(16-8-14-19)18-11-5-2-6-12-18/h1-6,9-12H,7-8,13-16H2. The first kappa shape index (κ1) is 14.2. The van der Waals surface area contributed by atoms with Gasteiger partial charge in [0.2, 0.25) is 0 Å². The summed E-state index contributed by atoms with van der Waals surface area (Å²) in [5, 5.41) is 3.24. The third-order valence-corrected chi connectivity index (χ3v) is 9.44. The summed E-state index contributed by atoms with van der Waals surface area (Å²) < 4.78 is 0. The summed E-state index contributed by atoms with van der Waals surface area (Å²) in [6.45, 7) is 0. The van der Waals surface area contributed by atoms with Crippen LogP contribution >= 0.6 is 15.8 Å². The van der Waals surface area contributed by atoms with Crippen LogP contribution in [0.3, 0.4) is 0 Å². The third-order valence-electron chi connectivity index (χ3n) is 3.95. The molecule has 20 heavy (non-hydrogen) atoms. The van der Waals surface area contributed by atoms with Crippen molar-refractivity contribution >= 4 is 26.5 Å². The Morgan fingerprint density at radius 2 is 0.850 bits per heavy atom. The zero-order chi connectivity index (χ0) is 13.6. The van der Waals surface area contributed by atoms with Gasteiger partial charge in [-0.05, 0) is 48.1 Å². The van der Waals surface area contributed by atoms with Crippen molar-refractivity contribution in [3.63, 3.8) is 0 Å². The van der Waals surface area contributed by atoms with Crippen molar-refractivity contribution < 1.29 is 0 Å². The highest BCUT2D eigenvalue weighted by molar-refractivity contribution is 7.67. The van der Waals surface area contributed by atoms with Gasteiger partial charge in [0.15, 0.2) is 0 Å². The van der Waals surface area contributed by atoms with Crippen LogP contribution in [0.1, 0.15) is 12.8 Å². The van der Waals surface area contributed by atoms with Gasteiger partial charge in [-0.25, -0.2) is 0 Å². The molecule has 1 fully saturated rings. The van der Waals surface area contributed by atoms with Gasteiger partial charge in [-0.2, -0.15) is 0 Å². The van der Waals surface area contributed by atoms with Gasteiger partial charge < -0.3 is 0 Å². The molecule has 2 heteroatoms. The predicted octanol–water partition coefficient (Wildman–Crippen LogP) is 4.40. The Bertz CT molecular complexity index is 452. The SMILES string of the molecule is c1ccc(P2CCCP(c3ccccc3)CCC2)cc1. The fourth-order valence-electron chi connectivity index (χ4n) is 2.92. The van der Waals surface area contributed by atoms with Crippen molar-refractivity contribution in [2.75, 3.05) is 24.6 Å². The Kier molecular flexibility index (Phi) is 5.23. The maximum Gasteiger partial charge on any atom is -0.0240 e. The number of hydrogen-bond acceptors (Lipinski definition) is 0. The van der Waals surface area contributed by atoms with Gasteiger partial charge in [-0.3, -0.25) is 0 Å². The van der Waals surface area contributed by atoms with Crippen LogP contribution in [0.5, 0.6) is 0 Å². The van der Waals surface area contributed by atoms with Crippen LogP contribution in [0.2, 0.25) is 0 Å². The van der Waals surface area contributed by atoms with Gasteiger partial charge in [-0.1, -0.05) is 76.5 Å². The molecule has 0 unspecified atom stereocenters. The summed E-state index contributed by atoms with van der Waals surface area (Å²) in [6.07, 6.45) is 8.58. The maximum atomic E-state index is 2.34. The minimum absolute atomic E-state index is 0.112. The number of hydrogen-bond donors (Lipinski definition) is 0. The largest absolute Gasteiger partial charge is 0.0753 e. The second-order valence-corrected chi connectivity index (χ2v) is 10.3. The molecule has 2 aromatic rings. The Morgan fingerprint density at radius 1 is 0.500 bits per heavy atom. The monoisotopic (exact) mass is 300 g/mol. The summed E-state index contributed by atoms with van der Waals surface area (Å²) in [4.78, 5) is 0. The Balaban J connectivity index is 1.62. The molecule has 1 aliphatic rings. The molecule has 0 spiro atoms. The van der Waals surface area contributed by atoms with Crippen LogP contribution in [-0.2, 0) is 0 Å². The van der Waals surface area contributed by atoms with Crippen molar-refractivity contribution in [3.8, 4) is 0 Å². The zero-order valence-electron chi connectivity index (χ0n) is 11.9. The van der Waals surface area contributed by atoms with Crippen molar-refractivity contribution in [2.24, 2.45) is 0 Å². The van der Waals surface area contributed by atoms with Crippen molar-refractivity contribution in [2.45, 2.75) is 12.8 Å². The van der Waals surface area contributed by atoms with E-state index in [4.69, 9.17) is 0 Å². The molecule has 0 bridgehead atoms. The van der Waals surface area contributed by atoms with Gasteiger partial charge in [0.1, 0.15) is 0 Å². The summed E-state index contributed by atoms with van der Waals surface area (Å²) >= 11 is 0. The van der Waals surface area contributed by atoms with E-state index in [1.807, 2.05) is 0 Å². The van der Waals surface area contributed by atoms with Crippen LogP contribution in [0.4, 0.5) is 0 Å². The average molecular weight is 300 g/mol. The molecule has 104 valence electrons. The first-order valence-corrected chi connectivity index (χ1v) is 11.0. The average Bonchev–Trinajstić information content (AvgIpc) is 2.49. The van der Waals surface area contributed by atoms with Gasteiger partial charge in [0.05, 0.1) is 0 Å². The van der Waals surface area contributed by atoms with Crippen LogP contribution < -0.4 is 10.6 Å². The van der Waals surface area contributed by atoms with Crippen molar-refractivity contribution in [1.82, 2.24) is 0 Å². The van der Waals surface area contributed by atoms with Crippen LogP contribution in [0.15, 0.2) is 60.7 Å². The van der Waals surface area contributed by atoms with E-state index in [0.29, 0.717) is 0 Å². The van der Waals surface area contributed by atoms with E-state index in [1.165, 1.54) is 37.5 Å². The molecule has 2 aromatic carbocycles. The van der Waals surface area contributed by atoms with E-state index < -0.39 is 0 Å². The highest BCUT2D eigenvalue weighted by atomic mass is 31.1. The quantitative estimate of drug-likeness (QED) is 0.721. The highest BCUT2D eigenvalue weighted by Crippen LogP contribution is 2.44. The van der Waals surface area contributed by atoms with Crippen LogP contribution in [-0.4, -0.2) is 24.6 Å². The lowest BCUT2D eigenvalue weighted by atomic mass is 10.4. The molecule has 0 saturated carbocycles. The van der Waals surface area contributed by atoms with Crippen LogP contribution in [0, 0.1) is 0 Å². The first-order chi connectivity index (χ1) is 9.93. The van der Waals surface area contributed by atoms with Crippen LogP contribution in [0.25, 0.3) is 0 Å². The maximum absolute atomic E-state index is 2.34. The molecule has 0 N–H and O–H groups in total. The first-order valence-electron chi connectivity index (χ1n) is 7.53. The topological polar surface area (TPSA) is 0 Å². The van der Waals surface area contributed by atoms with E-state index in [2.05, 4.69) is 60.7 Å². The predicted molar refractivity (Wildman–Crippen MR) is 94.7 cm³/mol. The minimum Gasteiger partial charge on any atom is -0.0753 e. The summed E-state index contributed by atoms with van der Waals surface area (Å²) in [7, 11) is 0.224. The van der Waals surface area contributed by atoms with Gasteiger partial charge in [-0.15, -0.1) is 0 Å². The van der Waals surface area contributed by atoms with Gasteiger partial charge in [0.25, 0.3) is 0 Å². The highest BCUT2D eigenvalue weighted by Gasteiger charge is 2.18. The summed E-state index contributed by atoms with van der Waals surface area (Å²) in [6, 6.07) is 22.4. The normalized spacial score (nSPS) is 23.8. The second kappa shape index (κ2) is 7.35. The Morgan fingerprint density at radius 3 is 1.20 bits per heavy atom. The van der Waals surface area contributed by atoms with E-state index in [9.17, 15) is 0 Å². The van der Waals surface area contributed by atoms with E-state index in [0.717, 1.165) is 0 Å². The molecular weight excluding hydrogens is 278 g/mol. The Labute approximate surface area is 125 Å². The molecule has 0 nitrogen and oxygen atoms in total. The number of rotatable bonds is 2. The molecule has 0 atom stereocenters. The minimum atomic E-state index is 0.112. The van der Waals surface area contributed by atoms with Gasteiger partial charge >= 0.3 is 0 Å². The molecule has 0 amide bonds. The van der Waals surface area contributed by atoms with Crippen molar-refractivity contribution in [1.29, 1.82) is 0 Å². The molecule has 1 heterocycles. The lowest BCUT2D eigenvalue weighted by Gasteiger charge is -2.26. The molecule has 3 rings (SSSR count).